The summed E-state index contributed by atoms with van der Waals surface area (Å²) in [7, 11) is 1.68. The monoisotopic (exact) mass is 492 g/mol. The number of aromatic nitrogens is 4. The number of fused-ring (bicyclic) bond motifs is 8. The summed E-state index contributed by atoms with van der Waals surface area (Å²) in [5.74, 6) is 0.816. The zero-order valence-electron chi connectivity index (χ0n) is 20.8. The van der Waals surface area contributed by atoms with E-state index in [1.807, 2.05) is 30.4 Å². The molecule has 5 nitrogen and oxygen atoms in total. The molecule has 0 saturated heterocycles. The average molecular weight is 493 g/mol. The Labute approximate surface area is 219 Å². The van der Waals surface area contributed by atoms with E-state index >= 15 is 0 Å². The van der Waals surface area contributed by atoms with Gasteiger partial charge in [-0.2, -0.15) is 0 Å². The summed E-state index contributed by atoms with van der Waals surface area (Å²) in [5, 5.41) is 0. The predicted octanol–water partition coefficient (Wildman–Crippen LogP) is 8.00. The van der Waals surface area contributed by atoms with Crippen molar-refractivity contribution < 1.29 is 4.74 Å². The number of ether oxygens (including phenoxy) is 1. The van der Waals surface area contributed by atoms with E-state index in [-0.39, 0.29) is 0 Å². The molecule has 2 N–H and O–H groups in total. The van der Waals surface area contributed by atoms with Crippen molar-refractivity contribution in [2.45, 2.75) is 0 Å². The van der Waals surface area contributed by atoms with Crippen LogP contribution in [0.15, 0.2) is 91.0 Å². The van der Waals surface area contributed by atoms with Crippen molar-refractivity contribution in [1.82, 2.24) is 19.9 Å². The van der Waals surface area contributed by atoms with Gasteiger partial charge in [0.15, 0.2) is 0 Å². The highest BCUT2D eigenvalue weighted by molar-refractivity contribution is 5.95. The highest BCUT2D eigenvalue weighted by Crippen LogP contribution is 2.34. The first-order chi connectivity index (χ1) is 18.7. The molecule has 2 aromatic carbocycles. The molecule has 5 heteroatoms. The zero-order valence-corrected chi connectivity index (χ0v) is 20.8. The molecule has 0 aliphatic carbocycles. The molecule has 0 amide bonds. The molecule has 182 valence electrons. The molecule has 5 heterocycles. The number of nitrogens with zero attached hydrogens (tertiary/aromatic N) is 2. The zero-order chi connectivity index (χ0) is 25.5. The van der Waals surface area contributed by atoms with Gasteiger partial charge in [0.1, 0.15) is 5.75 Å². The van der Waals surface area contributed by atoms with Crippen molar-refractivity contribution in [2.24, 2.45) is 0 Å². The lowest BCUT2D eigenvalue weighted by molar-refractivity contribution is 0.415. The molecule has 3 aromatic heterocycles. The standard InChI is InChI=1S/C33H24N4O/c1-38-27-13-7-22(8-14-27)33-29-16-12-26(36-29)20-24-10-9-23(34-24)19-25-11-15-28(35-25)32(21-5-3-2-4-6-21)30-17-18-31(33)37-30/h2-20,35-36H,1H3. The number of methoxy groups -OCH3 is 1. The fourth-order valence-corrected chi connectivity index (χ4v) is 5.04. The van der Waals surface area contributed by atoms with Crippen LogP contribution in [0.1, 0.15) is 22.8 Å². The van der Waals surface area contributed by atoms with E-state index in [1.54, 1.807) is 7.11 Å². The average Bonchev–Trinajstić information content (AvgIpc) is 3.76. The Hall–Kier alpha value is -5.16. The molecule has 5 aromatic rings. The number of hydrogen-bond acceptors (Lipinski definition) is 3. The van der Waals surface area contributed by atoms with E-state index in [0.29, 0.717) is 0 Å². The second-order valence-corrected chi connectivity index (χ2v) is 9.30. The highest BCUT2D eigenvalue weighted by atomic mass is 16.5. The van der Waals surface area contributed by atoms with Crippen LogP contribution in [0.3, 0.4) is 0 Å². The molecule has 7 rings (SSSR count). The summed E-state index contributed by atoms with van der Waals surface area (Å²) in [6.07, 6.45) is 8.27. The Bertz CT molecular complexity index is 1890. The lowest BCUT2D eigenvalue weighted by Crippen LogP contribution is -1.88. The van der Waals surface area contributed by atoms with Gasteiger partial charge in [-0.3, -0.25) is 0 Å². The smallest absolute Gasteiger partial charge is 0.118 e. The van der Waals surface area contributed by atoms with Gasteiger partial charge in [0.05, 0.1) is 29.9 Å². The molecule has 2 aliphatic heterocycles. The third kappa shape index (κ3) is 4.00. The van der Waals surface area contributed by atoms with Crippen LogP contribution in [0.25, 0.3) is 68.6 Å². The van der Waals surface area contributed by atoms with Crippen molar-refractivity contribution in [3.63, 3.8) is 0 Å². The molecular formula is C33H24N4O. The summed E-state index contributed by atoms with van der Waals surface area (Å²) in [5.41, 5.74) is 11.8. The lowest BCUT2D eigenvalue weighted by atomic mass is 10.0. The van der Waals surface area contributed by atoms with Gasteiger partial charge in [-0.05, 0) is 84.0 Å². The first kappa shape index (κ1) is 22.1. The molecule has 0 spiro atoms. The summed E-state index contributed by atoms with van der Waals surface area (Å²) >= 11 is 0. The second kappa shape index (κ2) is 9.05. The molecular weight excluding hydrogens is 468 g/mol. The summed E-state index contributed by atoms with van der Waals surface area (Å²) in [4.78, 5) is 17.2. The minimum absolute atomic E-state index is 0.816. The third-order valence-electron chi connectivity index (χ3n) is 6.84. The van der Waals surface area contributed by atoms with E-state index in [0.717, 1.165) is 72.8 Å². The Kier molecular flexibility index (Phi) is 5.26. The van der Waals surface area contributed by atoms with Crippen molar-refractivity contribution in [3.8, 4) is 28.0 Å². The minimum Gasteiger partial charge on any atom is -0.497 e. The van der Waals surface area contributed by atoms with E-state index in [2.05, 4.69) is 94.9 Å². The van der Waals surface area contributed by atoms with Crippen LogP contribution in [0, 0.1) is 0 Å². The Balaban J connectivity index is 1.61. The van der Waals surface area contributed by atoms with Gasteiger partial charge in [-0.1, -0.05) is 42.5 Å². The Morgan fingerprint density at radius 1 is 0.553 bits per heavy atom. The number of nitrogens with one attached hydrogen (secondary N) is 2. The molecule has 0 radical (unpaired) electrons. The van der Waals surface area contributed by atoms with Crippen LogP contribution in [-0.4, -0.2) is 27.0 Å². The Morgan fingerprint density at radius 3 is 1.66 bits per heavy atom. The third-order valence-corrected chi connectivity index (χ3v) is 6.84. The maximum absolute atomic E-state index is 5.41. The molecule has 0 atom stereocenters. The second-order valence-electron chi connectivity index (χ2n) is 9.30. The lowest BCUT2D eigenvalue weighted by Gasteiger charge is -2.06. The van der Waals surface area contributed by atoms with Crippen LogP contribution >= 0.6 is 0 Å². The summed E-state index contributed by atoms with van der Waals surface area (Å²) in [6.45, 7) is 0. The maximum atomic E-state index is 5.41. The number of H-pyrrole nitrogens is 2. The van der Waals surface area contributed by atoms with Crippen LogP contribution in [-0.2, 0) is 0 Å². The van der Waals surface area contributed by atoms with Gasteiger partial charge in [0, 0.05) is 33.2 Å². The normalized spacial score (nSPS) is 12.1. The van der Waals surface area contributed by atoms with Gasteiger partial charge in [0.2, 0.25) is 0 Å². The van der Waals surface area contributed by atoms with Crippen molar-refractivity contribution >= 4 is 46.4 Å². The van der Waals surface area contributed by atoms with Crippen molar-refractivity contribution in [1.29, 1.82) is 0 Å². The van der Waals surface area contributed by atoms with E-state index in [4.69, 9.17) is 14.7 Å². The molecule has 8 bridgehead atoms. The first-order valence-electron chi connectivity index (χ1n) is 12.5. The quantitative estimate of drug-likeness (QED) is 0.263. The van der Waals surface area contributed by atoms with E-state index < -0.39 is 0 Å². The van der Waals surface area contributed by atoms with E-state index in [9.17, 15) is 0 Å². The van der Waals surface area contributed by atoms with Crippen molar-refractivity contribution in [2.75, 3.05) is 7.11 Å². The number of aromatic amines is 2. The van der Waals surface area contributed by atoms with Gasteiger partial charge < -0.3 is 14.7 Å². The highest BCUT2D eigenvalue weighted by Gasteiger charge is 2.15. The SMILES string of the molecule is COc1ccc(-c2c3nc(c(-c4ccccc4)c4ccc(cc5nc(cc6ccc2[nH]6)C=C5)[nH]4)C=C3)cc1. The molecule has 0 fully saturated rings. The number of hydrogen-bond donors (Lipinski definition) is 2. The van der Waals surface area contributed by atoms with Crippen LogP contribution < -0.4 is 4.74 Å². The molecule has 2 aliphatic rings. The van der Waals surface area contributed by atoms with Gasteiger partial charge >= 0.3 is 0 Å². The predicted molar refractivity (Wildman–Crippen MR) is 156 cm³/mol. The van der Waals surface area contributed by atoms with E-state index in [1.165, 1.54) is 0 Å². The van der Waals surface area contributed by atoms with Crippen LogP contribution in [0.5, 0.6) is 5.75 Å². The van der Waals surface area contributed by atoms with Crippen LogP contribution in [0.2, 0.25) is 0 Å². The van der Waals surface area contributed by atoms with Crippen molar-refractivity contribution in [3.05, 3.63) is 114 Å². The number of rotatable bonds is 3. The first-order valence-corrected chi connectivity index (χ1v) is 12.5. The largest absolute Gasteiger partial charge is 0.497 e. The molecule has 0 unspecified atom stereocenters. The summed E-state index contributed by atoms with van der Waals surface area (Å²) < 4.78 is 5.41. The van der Waals surface area contributed by atoms with Crippen LogP contribution in [0.4, 0.5) is 0 Å². The summed E-state index contributed by atoms with van der Waals surface area (Å²) in [6, 6.07) is 31.0. The Morgan fingerprint density at radius 2 is 1.11 bits per heavy atom. The van der Waals surface area contributed by atoms with Gasteiger partial charge in [-0.15, -0.1) is 0 Å². The minimum atomic E-state index is 0.816. The fraction of sp³-hybridized carbons (Fsp3) is 0.0303. The topological polar surface area (TPSA) is 66.6 Å². The van der Waals surface area contributed by atoms with Gasteiger partial charge in [-0.25, -0.2) is 9.97 Å². The molecule has 38 heavy (non-hydrogen) atoms. The fourth-order valence-electron chi connectivity index (χ4n) is 5.04. The van der Waals surface area contributed by atoms with Gasteiger partial charge in [0.25, 0.3) is 0 Å². The maximum Gasteiger partial charge on any atom is 0.118 e. The number of benzene rings is 2. The molecule has 0 saturated carbocycles.